The van der Waals surface area contributed by atoms with Gasteiger partial charge >= 0.3 is 0 Å². The fourth-order valence-corrected chi connectivity index (χ4v) is 3.19. The molecule has 6 heteroatoms. The van der Waals surface area contributed by atoms with Gasteiger partial charge in [0.05, 0.1) is 0 Å². The number of hydrogen-bond donors (Lipinski definition) is 1. The van der Waals surface area contributed by atoms with Gasteiger partial charge < -0.3 is 10.6 Å². The molecular weight excluding hydrogens is 377 g/mol. The number of nitrogens with two attached hydrogens (primary N) is 1. The lowest BCUT2D eigenvalue weighted by Crippen LogP contribution is -2.42. The minimum atomic E-state index is 0. The van der Waals surface area contributed by atoms with Crippen molar-refractivity contribution in [2.75, 3.05) is 43.1 Å². The van der Waals surface area contributed by atoms with Gasteiger partial charge in [-0.15, -0.1) is 24.0 Å². The summed E-state index contributed by atoms with van der Waals surface area (Å²) in [4.78, 5) is 6.68. The molecule has 0 radical (unpaired) electrons. The molecule has 18 heavy (non-hydrogen) atoms. The largest absolute Gasteiger partial charge is 0.370 e. The number of thioether (sulfide) groups is 2. The van der Waals surface area contributed by atoms with Crippen LogP contribution in [0.15, 0.2) is 4.99 Å². The molecule has 1 heterocycles. The highest BCUT2D eigenvalue weighted by Crippen LogP contribution is 2.09. The Balaban J connectivity index is 0.00000289. The van der Waals surface area contributed by atoms with E-state index in [1.54, 1.807) is 0 Å². The Morgan fingerprint density at radius 1 is 1.22 bits per heavy atom. The van der Waals surface area contributed by atoms with Gasteiger partial charge in [-0.1, -0.05) is 12.8 Å². The minimum absolute atomic E-state index is 0. The van der Waals surface area contributed by atoms with Crippen LogP contribution < -0.4 is 5.73 Å². The monoisotopic (exact) mass is 403 g/mol. The first-order valence-corrected chi connectivity index (χ1v) is 9.01. The quantitative estimate of drug-likeness (QED) is 0.307. The summed E-state index contributed by atoms with van der Waals surface area (Å²) < 4.78 is 0. The molecule has 1 fully saturated rings. The molecule has 0 atom stereocenters. The van der Waals surface area contributed by atoms with Gasteiger partial charge in [-0.05, 0) is 24.9 Å². The van der Waals surface area contributed by atoms with E-state index >= 15 is 0 Å². The molecule has 1 rings (SSSR count). The molecule has 1 aliphatic heterocycles. The zero-order valence-electron chi connectivity index (χ0n) is 11.3. The van der Waals surface area contributed by atoms with Gasteiger partial charge in [0, 0.05) is 31.1 Å². The van der Waals surface area contributed by atoms with Gasteiger partial charge in [0.25, 0.3) is 0 Å². The maximum atomic E-state index is 5.97. The van der Waals surface area contributed by atoms with Gasteiger partial charge in [-0.2, -0.15) is 23.5 Å². The molecule has 2 N–H and O–H groups in total. The third kappa shape index (κ3) is 8.74. The lowest BCUT2D eigenvalue weighted by molar-refractivity contribution is 0.455. The summed E-state index contributed by atoms with van der Waals surface area (Å²) in [7, 11) is 0. The number of hydrogen-bond acceptors (Lipinski definition) is 3. The van der Waals surface area contributed by atoms with Crippen LogP contribution in [0.5, 0.6) is 0 Å². The maximum absolute atomic E-state index is 5.97. The predicted molar refractivity (Wildman–Crippen MR) is 97.7 cm³/mol. The van der Waals surface area contributed by atoms with Gasteiger partial charge in [-0.25, -0.2) is 0 Å². The highest BCUT2D eigenvalue weighted by atomic mass is 127. The van der Waals surface area contributed by atoms with Crippen LogP contribution in [0.3, 0.4) is 0 Å². The van der Waals surface area contributed by atoms with Crippen LogP contribution in [0.1, 0.15) is 25.7 Å². The molecule has 0 aromatic heterocycles. The van der Waals surface area contributed by atoms with E-state index in [4.69, 9.17) is 5.73 Å². The third-order valence-electron chi connectivity index (χ3n) is 2.87. The molecule has 0 aliphatic carbocycles. The summed E-state index contributed by atoms with van der Waals surface area (Å²) in [6, 6.07) is 0. The fourth-order valence-electron chi connectivity index (χ4n) is 1.80. The number of unbranched alkanes of at least 4 members (excludes halogenated alkanes) is 3. The molecule has 0 saturated carbocycles. The van der Waals surface area contributed by atoms with Gasteiger partial charge in [0.1, 0.15) is 0 Å². The van der Waals surface area contributed by atoms with E-state index in [2.05, 4.69) is 16.1 Å². The van der Waals surface area contributed by atoms with Gasteiger partial charge in [0.15, 0.2) is 5.96 Å². The summed E-state index contributed by atoms with van der Waals surface area (Å²) in [6.45, 7) is 3.02. The van der Waals surface area contributed by atoms with Crippen LogP contribution in [-0.2, 0) is 0 Å². The van der Waals surface area contributed by atoms with Gasteiger partial charge in [0.2, 0.25) is 0 Å². The Kier molecular flexibility index (Phi) is 13.2. The van der Waals surface area contributed by atoms with Crippen molar-refractivity contribution in [2.45, 2.75) is 25.7 Å². The molecule has 3 nitrogen and oxygen atoms in total. The Morgan fingerprint density at radius 3 is 2.56 bits per heavy atom. The van der Waals surface area contributed by atoms with E-state index < -0.39 is 0 Å². The van der Waals surface area contributed by atoms with Crippen molar-refractivity contribution in [3.05, 3.63) is 0 Å². The summed E-state index contributed by atoms with van der Waals surface area (Å²) in [6.07, 6.45) is 7.30. The topological polar surface area (TPSA) is 41.6 Å². The molecular formula is C12H26IN3S2. The molecule has 0 spiro atoms. The van der Waals surface area contributed by atoms with Crippen molar-refractivity contribution in [2.24, 2.45) is 10.7 Å². The van der Waals surface area contributed by atoms with E-state index in [1.165, 1.54) is 42.9 Å². The van der Waals surface area contributed by atoms with E-state index in [0.29, 0.717) is 0 Å². The zero-order chi connectivity index (χ0) is 12.3. The average Bonchev–Trinajstić information content (AvgIpc) is 2.38. The second-order valence-electron chi connectivity index (χ2n) is 4.25. The summed E-state index contributed by atoms with van der Waals surface area (Å²) in [5.41, 5.74) is 5.97. The van der Waals surface area contributed by atoms with Crippen LogP contribution in [0.2, 0.25) is 0 Å². The normalized spacial score (nSPS) is 16.5. The van der Waals surface area contributed by atoms with Crippen LogP contribution in [0.25, 0.3) is 0 Å². The average molecular weight is 403 g/mol. The SMILES string of the molecule is CSCCCCCCN=C(N)N1CCSCC1.I. The van der Waals surface area contributed by atoms with E-state index in [9.17, 15) is 0 Å². The molecule has 1 aliphatic rings. The number of halogens is 1. The first kappa shape index (κ1) is 18.7. The predicted octanol–water partition coefficient (Wildman–Crippen LogP) is 2.89. The third-order valence-corrected chi connectivity index (χ3v) is 4.50. The summed E-state index contributed by atoms with van der Waals surface area (Å²) in [5.74, 6) is 4.42. The summed E-state index contributed by atoms with van der Waals surface area (Å²) >= 11 is 3.93. The lowest BCUT2D eigenvalue weighted by Gasteiger charge is -2.27. The standard InChI is InChI=1S/C12H25N3S2.HI/c1-16-9-5-3-2-4-6-14-12(13)15-7-10-17-11-8-15;/h2-11H2,1H3,(H2,13,14);1H. The van der Waals surface area contributed by atoms with E-state index in [0.717, 1.165) is 25.6 Å². The molecule has 0 amide bonds. The molecule has 108 valence electrons. The van der Waals surface area contributed by atoms with E-state index in [1.807, 2.05) is 23.5 Å². The Hall–Kier alpha value is 0.700. The van der Waals surface area contributed by atoms with Crippen molar-refractivity contribution in [3.8, 4) is 0 Å². The van der Waals surface area contributed by atoms with Crippen molar-refractivity contribution < 1.29 is 0 Å². The zero-order valence-corrected chi connectivity index (χ0v) is 15.2. The van der Waals surface area contributed by atoms with E-state index in [-0.39, 0.29) is 24.0 Å². The van der Waals surface area contributed by atoms with Crippen LogP contribution in [0, 0.1) is 0 Å². The minimum Gasteiger partial charge on any atom is -0.370 e. The van der Waals surface area contributed by atoms with Crippen molar-refractivity contribution >= 4 is 53.5 Å². The number of nitrogens with zero attached hydrogens (tertiary/aromatic N) is 2. The Labute approximate surface area is 137 Å². The molecule has 0 aromatic rings. The smallest absolute Gasteiger partial charge is 0.191 e. The van der Waals surface area contributed by atoms with Crippen LogP contribution >= 0.6 is 47.5 Å². The maximum Gasteiger partial charge on any atom is 0.191 e. The second kappa shape index (κ2) is 12.7. The Morgan fingerprint density at radius 2 is 1.89 bits per heavy atom. The van der Waals surface area contributed by atoms with Crippen molar-refractivity contribution in [1.29, 1.82) is 0 Å². The highest BCUT2D eigenvalue weighted by Gasteiger charge is 2.11. The number of rotatable bonds is 7. The molecule has 1 saturated heterocycles. The van der Waals surface area contributed by atoms with Crippen LogP contribution in [-0.4, -0.2) is 54.0 Å². The van der Waals surface area contributed by atoms with Gasteiger partial charge in [-0.3, -0.25) is 4.99 Å². The number of guanidine groups is 1. The molecule has 0 unspecified atom stereocenters. The number of aliphatic imine (C=N–C) groups is 1. The Bertz CT molecular complexity index is 221. The van der Waals surface area contributed by atoms with Crippen LogP contribution in [0.4, 0.5) is 0 Å². The van der Waals surface area contributed by atoms with Crippen molar-refractivity contribution in [1.82, 2.24) is 4.90 Å². The highest BCUT2D eigenvalue weighted by molar-refractivity contribution is 14.0. The molecule has 0 aromatic carbocycles. The summed E-state index contributed by atoms with van der Waals surface area (Å²) in [5, 5.41) is 0. The fraction of sp³-hybridized carbons (Fsp3) is 0.917. The first-order chi connectivity index (χ1) is 8.34. The van der Waals surface area contributed by atoms with Crippen molar-refractivity contribution in [3.63, 3.8) is 0 Å². The molecule has 0 bridgehead atoms. The lowest BCUT2D eigenvalue weighted by atomic mass is 10.2. The first-order valence-electron chi connectivity index (χ1n) is 6.46. The second-order valence-corrected chi connectivity index (χ2v) is 6.46.